The third-order valence-electron chi connectivity index (χ3n) is 8.54. The summed E-state index contributed by atoms with van der Waals surface area (Å²) >= 11 is 14.0. The van der Waals surface area contributed by atoms with E-state index in [1.54, 1.807) is 30.3 Å². The van der Waals surface area contributed by atoms with E-state index in [9.17, 15) is 19.9 Å². The Hall–Kier alpha value is -3.94. The maximum Gasteiger partial charge on any atom is 0.328 e. The zero-order valence-electron chi connectivity index (χ0n) is 27.1. The predicted molar refractivity (Wildman–Crippen MR) is 180 cm³/mol. The number of benzene rings is 2. The van der Waals surface area contributed by atoms with Crippen LogP contribution in [0.15, 0.2) is 60.9 Å². The summed E-state index contributed by atoms with van der Waals surface area (Å²) in [5.41, 5.74) is 1.66. The zero-order chi connectivity index (χ0) is 35.2. The maximum atomic E-state index is 15.0. The molecule has 14 heteroatoms. The molecular formula is C35H36Cl2FN3O7S. The number of ether oxygens (including phenoxy) is 3. The molecule has 49 heavy (non-hydrogen) atoms. The second-order valence-corrected chi connectivity index (χ2v) is 13.7. The fourth-order valence-electron chi connectivity index (χ4n) is 5.95. The van der Waals surface area contributed by atoms with Gasteiger partial charge in [-0.05, 0) is 61.7 Å². The number of piperidine rings is 1. The Bertz CT molecular complexity index is 1790. The van der Waals surface area contributed by atoms with E-state index in [4.69, 9.17) is 37.4 Å². The van der Waals surface area contributed by atoms with E-state index in [-0.39, 0.29) is 39.6 Å². The second-order valence-electron chi connectivity index (χ2n) is 11.7. The van der Waals surface area contributed by atoms with Crippen LogP contribution >= 0.6 is 34.5 Å². The zero-order valence-corrected chi connectivity index (χ0v) is 29.4. The number of nitrogens with one attached hydrogen (secondary N) is 1. The number of hydrogen-bond donors (Lipinski definition) is 2. The van der Waals surface area contributed by atoms with Gasteiger partial charge in [0.1, 0.15) is 28.0 Å². The third-order valence-corrected chi connectivity index (χ3v) is 10.3. The lowest BCUT2D eigenvalue weighted by molar-refractivity contribution is -0.904. The van der Waals surface area contributed by atoms with Crippen LogP contribution in [0.25, 0.3) is 0 Å². The molecular weight excluding hydrogens is 696 g/mol. The largest absolute Gasteiger partial charge is 0.544 e. The quantitative estimate of drug-likeness (QED) is 0.112. The maximum absolute atomic E-state index is 15.0. The van der Waals surface area contributed by atoms with Crippen molar-refractivity contribution in [1.82, 2.24) is 10.2 Å². The second kappa shape index (κ2) is 16.2. The molecule has 2 atom stereocenters. The van der Waals surface area contributed by atoms with Crippen LogP contribution in [0, 0.1) is 5.82 Å². The van der Waals surface area contributed by atoms with E-state index in [0.717, 1.165) is 29.2 Å². The van der Waals surface area contributed by atoms with Gasteiger partial charge in [0.25, 0.3) is 0 Å². The van der Waals surface area contributed by atoms with Gasteiger partial charge in [-0.15, -0.1) is 11.3 Å². The van der Waals surface area contributed by atoms with E-state index in [2.05, 4.69) is 10.2 Å². The Morgan fingerprint density at radius 2 is 1.73 bits per heavy atom. The van der Waals surface area contributed by atoms with Gasteiger partial charge >= 0.3 is 5.97 Å². The molecule has 0 amide bonds. The highest BCUT2D eigenvalue weighted by atomic mass is 35.5. The molecule has 0 saturated carbocycles. The number of aromatic carboxylic acids is 1. The van der Waals surface area contributed by atoms with Crippen LogP contribution in [-0.4, -0.2) is 62.5 Å². The van der Waals surface area contributed by atoms with Crippen molar-refractivity contribution in [2.45, 2.75) is 43.9 Å². The summed E-state index contributed by atoms with van der Waals surface area (Å²) < 4.78 is 32.6. The molecule has 260 valence electrons. The Morgan fingerprint density at radius 1 is 1.06 bits per heavy atom. The monoisotopic (exact) mass is 731 g/mol. The van der Waals surface area contributed by atoms with Gasteiger partial charge < -0.3 is 29.0 Å². The minimum Gasteiger partial charge on any atom is -0.544 e. The fourth-order valence-corrected chi connectivity index (χ4v) is 7.56. The number of hydrogen-bond acceptors (Lipinski definition) is 10. The number of pyridine rings is 1. The molecule has 0 bridgehead atoms. The number of esters is 1. The summed E-state index contributed by atoms with van der Waals surface area (Å²) in [5.74, 6) is -2.33. The van der Waals surface area contributed by atoms with Gasteiger partial charge in [-0.2, -0.15) is 0 Å². The summed E-state index contributed by atoms with van der Waals surface area (Å²) in [6, 6.07) is 11.8. The highest BCUT2D eigenvalue weighted by molar-refractivity contribution is 7.14. The van der Waals surface area contributed by atoms with Crippen LogP contribution in [-0.2, 0) is 22.5 Å². The van der Waals surface area contributed by atoms with Crippen LogP contribution in [0.5, 0.6) is 11.5 Å². The third kappa shape index (κ3) is 8.63. The lowest BCUT2D eigenvalue weighted by Crippen LogP contribution is -2.38. The summed E-state index contributed by atoms with van der Waals surface area (Å²) in [6.45, 7) is 1.57. The molecule has 1 fully saturated rings. The average molecular weight is 733 g/mol. The van der Waals surface area contributed by atoms with Crippen molar-refractivity contribution in [3.8, 4) is 11.5 Å². The average Bonchev–Trinajstić information content (AvgIpc) is 3.50. The number of carboxylic acids is 1. The molecule has 10 nitrogen and oxygen atoms in total. The van der Waals surface area contributed by atoms with Crippen LogP contribution in [0.3, 0.4) is 0 Å². The van der Waals surface area contributed by atoms with E-state index < -0.39 is 29.7 Å². The van der Waals surface area contributed by atoms with Crippen molar-refractivity contribution in [3.63, 3.8) is 0 Å². The number of likely N-dealkylation sites (tertiary alicyclic amines) is 1. The van der Waals surface area contributed by atoms with E-state index >= 15 is 4.39 Å². The molecule has 3 heterocycles. The molecule has 4 aromatic rings. The number of aromatic nitrogens is 1. The normalized spacial score (nSPS) is 15.1. The van der Waals surface area contributed by atoms with E-state index in [1.807, 2.05) is 7.05 Å². The topological polar surface area (TPSA) is 124 Å². The Labute approximate surface area is 297 Å². The first kappa shape index (κ1) is 36.3. The summed E-state index contributed by atoms with van der Waals surface area (Å²) in [5, 5.41) is 26.0. The number of carbonyl (C=O) groups excluding carboxylic acids is 2. The number of carboxylic acid groups (broad SMARTS) is 1. The van der Waals surface area contributed by atoms with Crippen molar-refractivity contribution < 1.29 is 43.2 Å². The minimum atomic E-state index is -1.40. The molecule has 2 aromatic heterocycles. The van der Waals surface area contributed by atoms with Crippen molar-refractivity contribution in [1.29, 1.82) is 0 Å². The highest BCUT2D eigenvalue weighted by Gasteiger charge is 2.30. The van der Waals surface area contributed by atoms with Crippen molar-refractivity contribution in [2.75, 3.05) is 34.4 Å². The molecule has 1 aliphatic rings. The standard InChI is InChI=1S/C35H36Cl2FN3O7S/c1-40-12-10-21(11-13-40)48-35(44)32(23-6-4-5-7-29(23)38)39-17-22-15-25(33(49-22)34(42)43)24(16-26-27(36)18-41(45)19-28(26)37)20-8-9-30(46-2)31(14-20)47-3/h4-9,14-15,18-19,21,24,32,39H,10-13,16-17H2,1-3H3,(H-,42,43,45)/t24-,32?/m0/s1. The molecule has 5 rings (SSSR count). The first-order valence-electron chi connectivity index (χ1n) is 15.5. The molecule has 1 unspecified atom stereocenters. The van der Waals surface area contributed by atoms with Crippen LogP contribution in [0.4, 0.5) is 4.39 Å². The van der Waals surface area contributed by atoms with Gasteiger partial charge in [0.05, 0.1) is 25.1 Å². The van der Waals surface area contributed by atoms with Crippen molar-refractivity contribution in [3.05, 3.63) is 109 Å². The smallest absolute Gasteiger partial charge is 0.328 e. The summed E-state index contributed by atoms with van der Waals surface area (Å²) in [6.07, 6.45) is 3.74. The highest BCUT2D eigenvalue weighted by Crippen LogP contribution is 2.41. The molecule has 2 aromatic carbocycles. The number of carbonyl (C=O) groups is 2. The molecule has 1 saturated heterocycles. The SMILES string of the molecule is COc1ccc([C@H](Cc2c(Cl)c[n+](O)cc2Cl)c2cc(CNC(C(=O)OC3CCN(C)CC3)c3ccccc3F)sc2C(=O)[O-])cc1OC. The molecule has 0 aliphatic carbocycles. The van der Waals surface area contributed by atoms with Crippen LogP contribution < -0.4 is 24.6 Å². The van der Waals surface area contributed by atoms with E-state index in [1.165, 1.54) is 44.8 Å². The lowest BCUT2D eigenvalue weighted by atomic mass is 9.85. The van der Waals surface area contributed by atoms with Crippen molar-refractivity contribution in [2.24, 2.45) is 0 Å². The number of halogens is 3. The lowest BCUT2D eigenvalue weighted by Gasteiger charge is -2.30. The van der Waals surface area contributed by atoms with Gasteiger partial charge in [-0.3, -0.25) is 10.5 Å². The van der Waals surface area contributed by atoms with Gasteiger partial charge in [0.2, 0.25) is 12.4 Å². The van der Waals surface area contributed by atoms with Crippen LogP contribution in [0.2, 0.25) is 10.0 Å². The number of nitrogens with zero attached hydrogens (tertiary/aromatic N) is 2. The van der Waals surface area contributed by atoms with Gasteiger partial charge in [0.15, 0.2) is 11.5 Å². The summed E-state index contributed by atoms with van der Waals surface area (Å²) in [7, 11) is 5.00. The first-order chi connectivity index (χ1) is 23.5. The first-order valence-corrected chi connectivity index (χ1v) is 17.1. The minimum absolute atomic E-state index is 0.0163. The van der Waals surface area contributed by atoms with Gasteiger partial charge in [0, 0.05) is 46.3 Å². The Kier molecular flexibility index (Phi) is 12.0. The fraction of sp³-hybridized carbons (Fsp3) is 0.343. The Balaban J connectivity index is 1.51. The molecule has 2 N–H and O–H groups in total. The van der Waals surface area contributed by atoms with Crippen LogP contribution in [0.1, 0.15) is 61.6 Å². The predicted octanol–water partition coefficient (Wildman–Crippen LogP) is 4.94. The van der Waals surface area contributed by atoms with Gasteiger partial charge in [-0.25, -0.2) is 9.18 Å². The van der Waals surface area contributed by atoms with Crippen molar-refractivity contribution >= 4 is 46.5 Å². The number of thiophene rings is 1. The number of rotatable bonds is 13. The molecule has 0 radical (unpaired) electrons. The molecule has 1 aliphatic heterocycles. The Morgan fingerprint density at radius 3 is 2.37 bits per heavy atom. The molecule has 0 spiro atoms. The van der Waals surface area contributed by atoms with E-state index in [0.29, 0.717) is 45.9 Å². The number of methoxy groups -OCH3 is 2. The van der Waals surface area contributed by atoms with Gasteiger partial charge in [-0.1, -0.05) is 47.5 Å². The summed E-state index contributed by atoms with van der Waals surface area (Å²) in [4.78, 5) is 28.8.